The summed E-state index contributed by atoms with van der Waals surface area (Å²) in [6.07, 6.45) is 6.44. The van der Waals surface area contributed by atoms with Crippen LogP contribution >= 0.6 is 0 Å². The van der Waals surface area contributed by atoms with Crippen LogP contribution in [0.3, 0.4) is 0 Å². The molecule has 0 aromatic rings. The number of ketones is 1. The van der Waals surface area contributed by atoms with Crippen LogP contribution in [0.2, 0.25) is 0 Å². The van der Waals surface area contributed by atoms with Gasteiger partial charge < -0.3 is 4.74 Å². The molecule has 0 aromatic carbocycles. The molecule has 1 aliphatic carbocycles. The minimum atomic E-state index is 0.185. The van der Waals surface area contributed by atoms with Crippen LogP contribution in [0.4, 0.5) is 0 Å². The lowest BCUT2D eigenvalue weighted by molar-refractivity contribution is -0.123. The second-order valence-electron chi connectivity index (χ2n) is 4.05. The zero-order chi connectivity index (χ0) is 9.26. The molecule has 1 unspecified atom stereocenters. The second-order valence-corrected chi connectivity index (χ2v) is 4.05. The zero-order valence-electron chi connectivity index (χ0n) is 8.08. The Morgan fingerprint density at radius 2 is 2.38 bits per heavy atom. The van der Waals surface area contributed by atoms with E-state index < -0.39 is 0 Å². The number of carbonyl (C=O) groups is 1. The molecule has 0 radical (unpaired) electrons. The fraction of sp³-hybridized carbons (Fsp3) is 0.727. The summed E-state index contributed by atoms with van der Waals surface area (Å²) >= 11 is 0. The first-order valence-electron chi connectivity index (χ1n) is 5.16. The molecular weight excluding hydrogens is 164 g/mol. The standard InChI is InChI=1S/C11H16O2/c1-8(9-5-6-9)11(12)10-4-2-3-7-13-10/h4,8-9H,2-3,5-7H2,1H3. The first-order chi connectivity index (χ1) is 6.29. The molecule has 0 aromatic heterocycles. The number of ether oxygens (including phenoxy) is 1. The summed E-state index contributed by atoms with van der Waals surface area (Å²) in [6, 6.07) is 0. The third-order valence-corrected chi connectivity index (χ3v) is 2.92. The molecule has 13 heavy (non-hydrogen) atoms. The smallest absolute Gasteiger partial charge is 0.200 e. The fourth-order valence-electron chi connectivity index (χ4n) is 1.76. The van der Waals surface area contributed by atoms with Crippen molar-refractivity contribution in [1.82, 2.24) is 0 Å². The van der Waals surface area contributed by atoms with Gasteiger partial charge in [-0.15, -0.1) is 0 Å². The van der Waals surface area contributed by atoms with E-state index in [1.807, 2.05) is 13.0 Å². The summed E-state index contributed by atoms with van der Waals surface area (Å²) in [5.74, 6) is 1.68. The fourth-order valence-corrected chi connectivity index (χ4v) is 1.76. The van der Waals surface area contributed by atoms with E-state index in [2.05, 4.69) is 0 Å². The summed E-state index contributed by atoms with van der Waals surface area (Å²) in [5, 5.41) is 0. The van der Waals surface area contributed by atoms with Gasteiger partial charge in [0.15, 0.2) is 11.5 Å². The van der Waals surface area contributed by atoms with Gasteiger partial charge in [0.2, 0.25) is 0 Å². The Kier molecular flexibility index (Phi) is 2.38. The Morgan fingerprint density at radius 3 is 2.92 bits per heavy atom. The third-order valence-electron chi connectivity index (χ3n) is 2.92. The van der Waals surface area contributed by atoms with Crippen LogP contribution in [0, 0.1) is 11.8 Å². The zero-order valence-corrected chi connectivity index (χ0v) is 8.08. The molecule has 0 saturated heterocycles. The molecule has 2 aliphatic rings. The summed E-state index contributed by atoms with van der Waals surface area (Å²) in [7, 11) is 0. The number of Topliss-reactive ketones (excluding diaryl/α,β-unsaturated/α-hetero) is 1. The first-order valence-corrected chi connectivity index (χ1v) is 5.16. The van der Waals surface area contributed by atoms with Crippen molar-refractivity contribution in [3.8, 4) is 0 Å². The lowest BCUT2D eigenvalue weighted by atomic mass is 9.98. The first kappa shape index (κ1) is 8.79. The highest BCUT2D eigenvalue weighted by Crippen LogP contribution is 2.38. The molecule has 0 amide bonds. The molecule has 1 atom stereocenters. The Hall–Kier alpha value is -0.790. The summed E-state index contributed by atoms with van der Waals surface area (Å²) < 4.78 is 5.35. The van der Waals surface area contributed by atoms with E-state index in [-0.39, 0.29) is 11.7 Å². The Balaban J connectivity index is 1.98. The maximum atomic E-state index is 11.8. The van der Waals surface area contributed by atoms with Crippen LogP contribution in [-0.4, -0.2) is 12.4 Å². The van der Waals surface area contributed by atoms with Crippen molar-refractivity contribution in [2.45, 2.75) is 32.6 Å². The van der Waals surface area contributed by atoms with Crippen LogP contribution in [-0.2, 0) is 9.53 Å². The van der Waals surface area contributed by atoms with Gasteiger partial charge in [0.25, 0.3) is 0 Å². The monoisotopic (exact) mass is 180 g/mol. The van der Waals surface area contributed by atoms with Gasteiger partial charge in [0.1, 0.15) is 0 Å². The second kappa shape index (κ2) is 3.52. The quantitative estimate of drug-likeness (QED) is 0.666. The van der Waals surface area contributed by atoms with E-state index in [9.17, 15) is 4.79 Å². The highest BCUT2D eigenvalue weighted by Gasteiger charge is 2.34. The Labute approximate surface area is 79.0 Å². The van der Waals surface area contributed by atoms with Gasteiger partial charge in [-0.2, -0.15) is 0 Å². The third kappa shape index (κ3) is 1.93. The maximum absolute atomic E-state index is 11.8. The van der Waals surface area contributed by atoms with E-state index >= 15 is 0 Å². The van der Waals surface area contributed by atoms with Crippen LogP contribution < -0.4 is 0 Å². The summed E-state index contributed by atoms with van der Waals surface area (Å²) in [4.78, 5) is 11.8. The van der Waals surface area contributed by atoms with Gasteiger partial charge in [0.05, 0.1) is 6.61 Å². The predicted octanol–water partition coefficient (Wildman–Crippen LogP) is 2.30. The van der Waals surface area contributed by atoms with Crippen molar-refractivity contribution in [1.29, 1.82) is 0 Å². The molecule has 2 nitrogen and oxygen atoms in total. The molecule has 0 bridgehead atoms. The van der Waals surface area contributed by atoms with Gasteiger partial charge >= 0.3 is 0 Å². The summed E-state index contributed by atoms with van der Waals surface area (Å²) in [5.41, 5.74) is 0. The predicted molar refractivity (Wildman–Crippen MR) is 50.2 cm³/mol. The number of carbonyl (C=O) groups excluding carboxylic acids is 1. The Morgan fingerprint density at radius 1 is 1.62 bits per heavy atom. The SMILES string of the molecule is CC(C(=O)C1=CCCCO1)C1CC1. The van der Waals surface area contributed by atoms with Gasteiger partial charge in [-0.25, -0.2) is 0 Å². The topological polar surface area (TPSA) is 26.3 Å². The van der Waals surface area contributed by atoms with Gasteiger partial charge in [-0.1, -0.05) is 6.92 Å². The van der Waals surface area contributed by atoms with Gasteiger partial charge in [-0.3, -0.25) is 4.79 Å². The van der Waals surface area contributed by atoms with E-state index in [0.717, 1.165) is 19.4 Å². The molecule has 2 heteroatoms. The lowest BCUT2D eigenvalue weighted by Gasteiger charge is -2.16. The van der Waals surface area contributed by atoms with E-state index in [1.54, 1.807) is 0 Å². The van der Waals surface area contributed by atoms with E-state index in [4.69, 9.17) is 4.74 Å². The molecular formula is C11H16O2. The number of allylic oxidation sites excluding steroid dienone is 2. The van der Waals surface area contributed by atoms with Crippen molar-refractivity contribution in [3.63, 3.8) is 0 Å². The molecule has 2 rings (SSSR count). The number of hydrogen-bond acceptors (Lipinski definition) is 2. The average molecular weight is 180 g/mol. The van der Waals surface area contributed by atoms with Crippen LogP contribution in [0.5, 0.6) is 0 Å². The largest absolute Gasteiger partial charge is 0.490 e. The molecule has 0 N–H and O–H groups in total. The molecule has 0 spiro atoms. The minimum absolute atomic E-state index is 0.185. The minimum Gasteiger partial charge on any atom is -0.490 e. The van der Waals surface area contributed by atoms with E-state index in [1.165, 1.54) is 12.8 Å². The van der Waals surface area contributed by atoms with Gasteiger partial charge in [0, 0.05) is 5.92 Å². The number of rotatable bonds is 3. The van der Waals surface area contributed by atoms with Crippen molar-refractivity contribution in [2.24, 2.45) is 11.8 Å². The van der Waals surface area contributed by atoms with Crippen LogP contribution in [0.1, 0.15) is 32.6 Å². The van der Waals surface area contributed by atoms with Crippen LogP contribution in [0.25, 0.3) is 0 Å². The Bertz CT molecular complexity index is 238. The van der Waals surface area contributed by atoms with Gasteiger partial charge in [-0.05, 0) is 37.7 Å². The average Bonchev–Trinajstić information content (AvgIpc) is 3.00. The molecule has 1 aliphatic heterocycles. The van der Waals surface area contributed by atoms with Crippen molar-refractivity contribution >= 4 is 5.78 Å². The summed E-state index contributed by atoms with van der Waals surface area (Å²) in [6.45, 7) is 2.74. The van der Waals surface area contributed by atoms with Crippen molar-refractivity contribution < 1.29 is 9.53 Å². The number of hydrogen-bond donors (Lipinski definition) is 0. The van der Waals surface area contributed by atoms with Crippen molar-refractivity contribution in [3.05, 3.63) is 11.8 Å². The van der Waals surface area contributed by atoms with E-state index in [0.29, 0.717) is 11.7 Å². The highest BCUT2D eigenvalue weighted by atomic mass is 16.5. The normalized spacial score (nSPS) is 24.5. The van der Waals surface area contributed by atoms with Crippen molar-refractivity contribution in [2.75, 3.05) is 6.61 Å². The molecule has 1 heterocycles. The van der Waals surface area contributed by atoms with Crippen LogP contribution in [0.15, 0.2) is 11.8 Å². The maximum Gasteiger partial charge on any atom is 0.200 e. The highest BCUT2D eigenvalue weighted by molar-refractivity contribution is 5.95. The molecule has 72 valence electrons. The molecule has 1 fully saturated rings. The molecule has 1 saturated carbocycles. The lowest BCUT2D eigenvalue weighted by Crippen LogP contribution is -2.19.